The van der Waals surface area contributed by atoms with E-state index in [1.54, 1.807) is 0 Å². The number of imide groups is 2. The monoisotopic (exact) mass is 1100 g/mol. The van der Waals surface area contributed by atoms with E-state index in [1.165, 1.54) is 0 Å². The summed E-state index contributed by atoms with van der Waals surface area (Å²) in [4.78, 5) is 190. The first kappa shape index (κ1) is 64.6. The van der Waals surface area contributed by atoms with E-state index >= 15 is 0 Å². The standard InChI is InChI=1S/C43H63N13O19S/c44-11-2-1-3-22(37(69)29(61)9-13-55-33(65)4-5-34(55)66)50-40(72)25(18-58)53-42(74)27(20-60)54-43(75)28(21-76)49-32(64)16-47-38(70)23(15-45)51-41(73)26(19-59)52-39(71)24(17-57)48-31(63)8-12-46-30(62)10-14-56-35(67)6-7-36(56)68/h4-7,22-28,57-60,76H,1-3,8-21,44-45H2,(H,46,62)(H,47,70)(H,48,63)(H,49,64)(H,50,72)(H,51,73)(H,52,71)(H,53,74)(H,54,75)/t22-,23-,24-,25-,26-,27-,28-/m0/s1. The lowest BCUT2D eigenvalue weighted by Crippen LogP contribution is -2.60. The molecule has 32 nitrogen and oxygen atoms in total. The first-order valence-corrected chi connectivity index (χ1v) is 24.0. The van der Waals surface area contributed by atoms with Crippen molar-refractivity contribution in [1.29, 1.82) is 0 Å². The van der Waals surface area contributed by atoms with Crippen LogP contribution in [0.15, 0.2) is 24.3 Å². The van der Waals surface area contributed by atoms with E-state index < -0.39 is 195 Å². The third kappa shape index (κ3) is 21.0. The molecule has 0 aromatic heterocycles. The molecule has 0 fully saturated rings. The number of hydrogen-bond acceptors (Lipinski definition) is 22. The van der Waals surface area contributed by atoms with Gasteiger partial charge in [-0.2, -0.15) is 12.6 Å². The van der Waals surface area contributed by atoms with Crippen LogP contribution < -0.4 is 59.3 Å². The Morgan fingerprint density at radius 2 is 0.882 bits per heavy atom. The predicted octanol–water partition coefficient (Wildman–Crippen LogP) is -11.2. The number of aliphatic hydroxyl groups is 4. The van der Waals surface area contributed by atoms with Crippen LogP contribution in [0.25, 0.3) is 0 Å². The van der Waals surface area contributed by atoms with Crippen LogP contribution in [0.3, 0.4) is 0 Å². The lowest BCUT2D eigenvalue weighted by atomic mass is 10.00. The average Bonchev–Trinajstić information content (AvgIpc) is 3.90. The molecule has 0 aliphatic carbocycles. The van der Waals surface area contributed by atoms with Crippen molar-refractivity contribution in [3.05, 3.63) is 24.3 Å². The van der Waals surface area contributed by atoms with Crippen LogP contribution in [0.2, 0.25) is 0 Å². The number of amides is 13. The zero-order valence-corrected chi connectivity index (χ0v) is 41.7. The molecule has 33 heteroatoms. The minimum absolute atomic E-state index is 0.111. The number of aliphatic hydroxyl groups excluding tert-OH is 4. The van der Waals surface area contributed by atoms with Gasteiger partial charge in [0.05, 0.1) is 39.0 Å². The van der Waals surface area contributed by atoms with Gasteiger partial charge in [0, 0.05) is 75.5 Å². The summed E-state index contributed by atoms with van der Waals surface area (Å²) in [5.74, 6) is -14.6. The summed E-state index contributed by atoms with van der Waals surface area (Å²) in [5, 5.41) is 59.0. The van der Waals surface area contributed by atoms with Crippen LogP contribution in [0, 0.1) is 0 Å². The average molecular weight is 1100 g/mol. The fraction of sp³-hybridized carbons (Fsp3) is 0.558. The molecule has 2 heterocycles. The van der Waals surface area contributed by atoms with Gasteiger partial charge in [-0.3, -0.25) is 81.7 Å². The van der Waals surface area contributed by atoms with Crippen LogP contribution in [-0.2, 0) is 71.9 Å². The second-order valence-corrected chi connectivity index (χ2v) is 16.8. The molecule has 2 rings (SSSR count). The van der Waals surface area contributed by atoms with Gasteiger partial charge in [0.25, 0.3) is 23.6 Å². The van der Waals surface area contributed by atoms with Gasteiger partial charge in [-0.05, 0) is 25.8 Å². The highest BCUT2D eigenvalue weighted by molar-refractivity contribution is 7.80. The van der Waals surface area contributed by atoms with Crippen molar-refractivity contribution in [2.45, 2.75) is 80.8 Å². The van der Waals surface area contributed by atoms with Gasteiger partial charge in [0.1, 0.15) is 36.3 Å². The van der Waals surface area contributed by atoms with E-state index in [4.69, 9.17) is 11.5 Å². The molecule has 0 unspecified atom stereocenters. The van der Waals surface area contributed by atoms with Crippen LogP contribution in [-0.4, -0.2) is 232 Å². The van der Waals surface area contributed by atoms with Crippen molar-refractivity contribution >= 4 is 101 Å². The van der Waals surface area contributed by atoms with E-state index in [-0.39, 0.29) is 38.9 Å². The van der Waals surface area contributed by atoms with E-state index in [0.717, 1.165) is 34.1 Å². The van der Waals surface area contributed by atoms with Crippen molar-refractivity contribution in [2.75, 3.05) is 71.4 Å². The Morgan fingerprint density at radius 1 is 0.474 bits per heavy atom. The summed E-state index contributed by atoms with van der Waals surface area (Å²) in [7, 11) is 0. The van der Waals surface area contributed by atoms with Crippen LogP contribution in [0.4, 0.5) is 0 Å². The van der Waals surface area contributed by atoms with E-state index in [1.807, 2.05) is 0 Å². The van der Waals surface area contributed by atoms with E-state index in [9.17, 15) is 92.3 Å². The second kappa shape index (κ2) is 33.4. The molecule has 17 N–H and O–H groups in total. The van der Waals surface area contributed by atoms with Crippen LogP contribution >= 0.6 is 12.6 Å². The maximum Gasteiger partial charge on any atom is 0.253 e. The number of hydrogen-bond donors (Lipinski definition) is 16. The molecule has 0 aromatic carbocycles. The topological polar surface area (TPSA) is 504 Å². The highest BCUT2D eigenvalue weighted by Gasteiger charge is 2.34. The van der Waals surface area contributed by atoms with Gasteiger partial charge in [0.15, 0.2) is 0 Å². The minimum Gasteiger partial charge on any atom is -0.394 e. The SMILES string of the molecule is NCCCC[C@H](NC(=O)[C@H](CO)NC(=O)[C@H](CO)NC(=O)[C@H](CS)NC(=O)CNC(=O)[C@H](CN)NC(=O)[C@H](CO)NC(=O)[C@H](CO)NC(=O)CCNC(=O)CCN1C(=O)C=CC1=O)C(=O)C(=O)CCN1C(=O)C=CC1=O. The van der Waals surface area contributed by atoms with Gasteiger partial charge in [-0.25, -0.2) is 0 Å². The molecule has 2 aliphatic rings. The molecule has 0 saturated heterocycles. The fourth-order valence-electron chi connectivity index (χ4n) is 6.58. The van der Waals surface area contributed by atoms with Crippen LogP contribution in [0.5, 0.6) is 0 Å². The molecule has 0 saturated carbocycles. The first-order chi connectivity index (χ1) is 36.1. The molecule has 0 aromatic rings. The molecule has 0 spiro atoms. The number of nitrogens with two attached hydrogens (primary N) is 2. The minimum atomic E-state index is -1.83. The molecule has 0 radical (unpaired) electrons. The summed E-state index contributed by atoms with van der Waals surface area (Å²) in [6, 6.07) is -11.7. The Balaban J connectivity index is 1.89. The van der Waals surface area contributed by atoms with Crippen molar-refractivity contribution < 1.29 is 92.3 Å². The molecule has 13 amide bonds. The number of nitrogens with zero attached hydrogens (tertiary/aromatic N) is 2. The van der Waals surface area contributed by atoms with Gasteiger partial charge in [-0.1, -0.05) is 0 Å². The number of Topliss-reactive ketones (excluding diaryl/α,β-unsaturated/α-hetero) is 2. The Labute approximate surface area is 438 Å². The van der Waals surface area contributed by atoms with Gasteiger partial charge in [0.2, 0.25) is 64.7 Å². The molecule has 76 heavy (non-hydrogen) atoms. The second-order valence-electron chi connectivity index (χ2n) is 16.4. The summed E-state index contributed by atoms with van der Waals surface area (Å²) in [5.41, 5.74) is 11.1. The number of ketones is 2. The first-order valence-electron chi connectivity index (χ1n) is 23.3. The molecule has 2 aliphatic heterocycles. The Kier molecular flexibility index (Phi) is 28.4. The number of rotatable bonds is 36. The third-order valence-corrected chi connectivity index (χ3v) is 11.2. The zero-order valence-electron chi connectivity index (χ0n) is 40.8. The van der Waals surface area contributed by atoms with Crippen molar-refractivity contribution in [1.82, 2.24) is 57.7 Å². The number of thiol groups is 1. The molecule has 0 bridgehead atoms. The number of carbonyl (C=O) groups is 15. The Morgan fingerprint density at radius 3 is 1.32 bits per heavy atom. The maximum atomic E-state index is 13.2. The normalized spacial score (nSPS) is 15.6. The zero-order chi connectivity index (χ0) is 57.1. The van der Waals surface area contributed by atoms with Gasteiger partial charge < -0.3 is 79.7 Å². The maximum absolute atomic E-state index is 13.2. The Bertz CT molecular complexity index is 2230. The number of carbonyl (C=O) groups excluding carboxylic acids is 15. The van der Waals surface area contributed by atoms with E-state index in [0.29, 0.717) is 6.42 Å². The van der Waals surface area contributed by atoms with Crippen molar-refractivity contribution in [3.8, 4) is 0 Å². The van der Waals surface area contributed by atoms with E-state index in [2.05, 4.69) is 60.5 Å². The highest BCUT2D eigenvalue weighted by Crippen LogP contribution is 2.09. The third-order valence-electron chi connectivity index (χ3n) is 10.9. The molecule has 420 valence electrons. The Hall–Kier alpha value is -7.56. The van der Waals surface area contributed by atoms with Crippen LogP contribution in [0.1, 0.15) is 38.5 Å². The molecule has 7 atom stereocenters. The highest BCUT2D eigenvalue weighted by atomic mass is 32.1. The van der Waals surface area contributed by atoms with Crippen molar-refractivity contribution in [3.63, 3.8) is 0 Å². The summed E-state index contributed by atoms with van der Waals surface area (Å²) in [6.45, 7) is -6.38. The van der Waals surface area contributed by atoms with Gasteiger partial charge >= 0.3 is 0 Å². The summed E-state index contributed by atoms with van der Waals surface area (Å²) < 4.78 is 0. The fourth-order valence-corrected chi connectivity index (χ4v) is 6.84. The quantitative estimate of drug-likeness (QED) is 0.0120. The smallest absolute Gasteiger partial charge is 0.253 e. The lowest BCUT2D eigenvalue weighted by molar-refractivity contribution is -0.141. The predicted molar refractivity (Wildman–Crippen MR) is 259 cm³/mol. The number of nitrogens with one attached hydrogen (secondary N) is 9. The largest absolute Gasteiger partial charge is 0.394 e. The molecular weight excluding hydrogens is 1030 g/mol. The summed E-state index contributed by atoms with van der Waals surface area (Å²) in [6.07, 6.45) is 3.35. The summed E-state index contributed by atoms with van der Waals surface area (Å²) >= 11 is 4.00. The molecular formula is C43H63N13O19S. The van der Waals surface area contributed by atoms with Gasteiger partial charge in [-0.15, -0.1) is 0 Å². The number of unbranched alkanes of at least 4 members (excludes halogenated alkanes) is 1. The van der Waals surface area contributed by atoms with Crippen molar-refractivity contribution in [2.24, 2.45) is 11.5 Å². The lowest BCUT2D eigenvalue weighted by Gasteiger charge is -2.25.